The summed E-state index contributed by atoms with van der Waals surface area (Å²) in [6.07, 6.45) is 0. The average molecular weight is 286 g/mol. The van der Waals surface area contributed by atoms with Crippen LogP contribution in [0.5, 0.6) is 0 Å². The van der Waals surface area contributed by atoms with Crippen LogP contribution in [-0.4, -0.2) is 7.85 Å². The molecule has 2 nitrogen and oxygen atoms in total. The predicted molar refractivity (Wildman–Crippen MR) is 98.1 cm³/mol. The molecule has 0 aliphatic rings. The highest BCUT2D eigenvalue weighted by Gasteiger charge is 2.02. The molecule has 22 heavy (non-hydrogen) atoms. The van der Waals surface area contributed by atoms with E-state index in [-0.39, 0.29) is 0 Å². The summed E-state index contributed by atoms with van der Waals surface area (Å²) in [7, 11) is 2.11. The molecule has 0 aliphatic carbocycles. The molecule has 0 bridgehead atoms. The second kappa shape index (κ2) is 6.86. The minimum atomic E-state index is 0.813. The number of anilines is 3. The number of para-hydroxylation sites is 3. The molecule has 3 aromatic rings. The first-order chi connectivity index (χ1) is 10.8. The Balaban J connectivity index is 1.72. The lowest BCUT2D eigenvalue weighted by molar-refractivity contribution is 1.15. The molecule has 3 aromatic carbocycles. The minimum absolute atomic E-state index is 0.813. The first-order valence-corrected chi connectivity index (χ1v) is 7.52. The standard InChI is InChI=1S/C19H19BN2/c20-16-12-10-15(11-13-16)14-21-18-8-4-5-9-19(18)22-17-6-2-1-3-7-17/h1-13,21-22H,14,20H2. The third-order valence-corrected chi connectivity index (χ3v) is 3.58. The van der Waals surface area contributed by atoms with Crippen molar-refractivity contribution in [3.63, 3.8) is 0 Å². The number of rotatable bonds is 5. The molecule has 0 fully saturated rings. The Bertz CT molecular complexity index is 724. The highest BCUT2D eigenvalue weighted by atomic mass is 15.0. The highest BCUT2D eigenvalue weighted by molar-refractivity contribution is 6.32. The Kier molecular flexibility index (Phi) is 4.45. The van der Waals surface area contributed by atoms with Crippen molar-refractivity contribution < 1.29 is 0 Å². The Morgan fingerprint density at radius 3 is 2.05 bits per heavy atom. The van der Waals surface area contributed by atoms with Crippen LogP contribution in [0.3, 0.4) is 0 Å². The zero-order valence-corrected chi connectivity index (χ0v) is 12.7. The topological polar surface area (TPSA) is 24.1 Å². The van der Waals surface area contributed by atoms with E-state index in [1.54, 1.807) is 0 Å². The van der Waals surface area contributed by atoms with Crippen LogP contribution >= 0.6 is 0 Å². The monoisotopic (exact) mass is 286 g/mol. The van der Waals surface area contributed by atoms with E-state index in [4.69, 9.17) is 0 Å². The van der Waals surface area contributed by atoms with Crippen LogP contribution < -0.4 is 16.1 Å². The molecule has 3 rings (SSSR count). The summed E-state index contributed by atoms with van der Waals surface area (Å²) in [5, 5.41) is 6.96. The number of nitrogens with one attached hydrogen (secondary N) is 2. The first-order valence-electron chi connectivity index (χ1n) is 7.52. The van der Waals surface area contributed by atoms with Crippen LogP contribution in [0, 0.1) is 0 Å². The van der Waals surface area contributed by atoms with Gasteiger partial charge in [-0.3, -0.25) is 0 Å². The maximum absolute atomic E-state index is 3.51. The quantitative estimate of drug-likeness (QED) is 0.703. The van der Waals surface area contributed by atoms with Crippen molar-refractivity contribution in [1.29, 1.82) is 0 Å². The van der Waals surface area contributed by atoms with Gasteiger partial charge in [0, 0.05) is 12.2 Å². The van der Waals surface area contributed by atoms with Gasteiger partial charge in [-0.1, -0.05) is 60.1 Å². The molecule has 2 N–H and O–H groups in total. The highest BCUT2D eigenvalue weighted by Crippen LogP contribution is 2.25. The SMILES string of the molecule is Bc1ccc(CNc2ccccc2Nc2ccccc2)cc1. The van der Waals surface area contributed by atoms with Gasteiger partial charge in [-0.2, -0.15) is 0 Å². The summed E-state index contributed by atoms with van der Waals surface area (Å²) in [4.78, 5) is 0. The molecule has 108 valence electrons. The van der Waals surface area contributed by atoms with Crippen molar-refractivity contribution in [2.75, 3.05) is 10.6 Å². The van der Waals surface area contributed by atoms with E-state index < -0.39 is 0 Å². The van der Waals surface area contributed by atoms with Gasteiger partial charge in [0.1, 0.15) is 7.85 Å². The summed E-state index contributed by atoms with van der Waals surface area (Å²) >= 11 is 0. The fourth-order valence-corrected chi connectivity index (χ4v) is 2.33. The molecule has 0 amide bonds. The molecule has 0 saturated carbocycles. The summed E-state index contributed by atoms with van der Waals surface area (Å²) < 4.78 is 0. The summed E-state index contributed by atoms with van der Waals surface area (Å²) in [6, 6.07) is 27.1. The second-order valence-corrected chi connectivity index (χ2v) is 5.38. The van der Waals surface area contributed by atoms with Crippen molar-refractivity contribution in [2.45, 2.75) is 6.54 Å². The van der Waals surface area contributed by atoms with Crippen molar-refractivity contribution in [3.8, 4) is 0 Å². The fourth-order valence-electron chi connectivity index (χ4n) is 2.33. The molecule has 0 heterocycles. The molecule has 0 atom stereocenters. The van der Waals surface area contributed by atoms with E-state index in [1.165, 1.54) is 11.0 Å². The third-order valence-electron chi connectivity index (χ3n) is 3.58. The van der Waals surface area contributed by atoms with Crippen molar-refractivity contribution in [2.24, 2.45) is 0 Å². The minimum Gasteiger partial charge on any atom is -0.379 e. The van der Waals surface area contributed by atoms with E-state index in [9.17, 15) is 0 Å². The third kappa shape index (κ3) is 3.70. The van der Waals surface area contributed by atoms with E-state index in [2.05, 4.69) is 67.0 Å². The van der Waals surface area contributed by atoms with Crippen LogP contribution in [0.25, 0.3) is 0 Å². The van der Waals surface area contributed by atoms with Crippen LogP contribution in [0.1, 0.15) is 5.56 Å². The summed E-state index contributed by atoms with van der Waals surface area (Å²) in [5.41, 5.74) is 5.84. The molecule has 3 heteroatoms. The molecule has 0 aromatic heterocycles. The van der Waals surface area contributed by atoms with Gasteiger partial charge in [0.2, 0.25) is 0 Å². The largest absolute Gasteiger partial charge is 0.379 e. The summed E-state index contributed by atoms with van der Waals surface area (Å²) in [5.74, 6) is 0. The zero-order valence-electron chi connectivity index (χ0n) is 12.7. The van der Waals surface area contributed by atoms with Crippen molar-refractivity contribution in [3.05, 3.63) is 84.4 Å². The molecule has 0 radical (unpaired) electrons. The Morgan fingerprint density at radius 2 is 1.32 bits per heavy atom. The Hall–Kier alpha value is -2.68. The number of hydrogen-bond donors (Lipinski definition) is 2. The predicted octanol–water partition coefficient (Wildman–Crippen LogP) is 3.30. The summed E-state index contributed by atoms with van der Waals surface area (Å²) in [6.45, 7) is 0.813. The first kappa shape index (κ1) is 14.3. The number of hydrogen-bond acceptors (Lipinski definition) is 2. The van der Waals surface area contributed by atoms with Gasteiger partial charge in [0.25, 0.3) is 0 Å². The normalized spacial score (nSPS) is 10.2. The van der Waals surface area contributed by atoms with Gasteiger partial charge >= 0.3 is 0 Å². The molecule has 0 spiro atoms. The van der Waals surface area contributed by atoms with E-state index in [0.29, 0.717) is 0 Å². The van der Waals surface area contributed by atoms with Gasteiger partial charge in [0.05, 0.1) is 11.4 Å². The molecule has 0 saturated heterocycles. The lowest BCUT2D eigenvalue weighted by atomic mass is 9.95. The van der Waals surface area contributed by atoms with Crippen LogP contribution in [0.2, 0.25) is 0 Å². The van der Waals surface area contributed by atoms with Gasteiger partial charge in [-0.25, -0.2) is 0 Å². The van der Waals surface area contributed by atoms with Crippen LogP contribution in [0.4, 0.5) is 17.1 Å². The average Bonchev–Trinajstić information content (AvgIpc) is 2.56. The van der Waals surface area contributed by atoms with E-state index in [1.807, 2.05) is 30.3 Å². The maximum atomic E-state index is 3.51. The van der Waals surface area contributed by atoms with Gasteiger partial charge < -0.3 is 10.6 Å². The zero-order chi connectivity index (χ0) is 15.2. The smallest absolute Gasteiger partial charge is 0.139 e. The molecule has 0 unspecified atom stereocenters. The van der Waals surface area contributed by atoms with E-state index >= 15 is 0 Å². The van der Waals surface area contributed by atoms with Crippen molar-refractivity contribution >= 4 is 30.4 Å². The van der Waals surface area contributed by atoms with Gasteiger partial charge in [-0.15, -0.1) is 0 Å². The van der Waals surface area contributed by atoms with E-state index in [0.717, 1.165) is 23.6 Å². The number of benzene rings is 3. The molecular weight excluding hydrogens is 267 g/mol. The van der Waals surface area contributed by atoms with Gasteiger partial charge in [0.15, 0.2) is 0 Å². The van der Waals surface area contributed by atoms with Gasteiger partial charge in [-0.05, 0) is 29.8 Å². The molecular formula is C19H19BN2. The Morgan fingerprint density at radius 1 is 0.682 bits per heavy atom. The van der Waals surface area contributed by atoms with Crippen molar-refractivity contribution in [1.82, 2.24) is 0 Å². The Labute approximate surface area is 132 Å². The lowest BCUT2D eigenvalue weighted by Gasteiger charge is -2.14. The maximum Gasteiger partial charge on any atom is 0.139 e. The lowest BCUT2D eigenvalue weighted by Crippen LogP contribution is -2.05. The fraction of sp³-hybridized carbons (Fsp3) is 0.0526. The van der Waals surface area contributed by atoms with Crippen LogP contribution in [0.15, 0.2) is 78.9 Å². The molecule has 0 aliphatic heterocycles. The second-order valence-electron chi connectivity index (χ2n) is 5.38. The van der Waals surface area contributed by atoms with Crippen LogP contribution in [-0.2, 0) is 6.54 Å².